The summed E-state index contributed by atoms with van der Waals surface area (Å²) in [6.07, 6.45) is 0. The Morgan fingerprint density at radius 3 is 2.11 bits per heavy atom. The van der Waals surface area contributed by atoms with Crippen LogP contribution < -0.4 is 5.56 Å². The van der Waals surface area contributed by atoms with Crippen LogP contribution in [-0.2, 0) is 0 Å². The average Bonchev–Trinajstić information content (AvgIpc) is 2.74. The van der Waals surface area contributed by atoms with Crippen LogP contribution in [0.2, 0.25) is 0 Å². The second-order valence-corrected chi connectivity index (χ2v) is 6.99. The molecule has 5 aromatic rings. The van der Waals surface area contributed by atoms with Crippen LogP contribution >= 0.6 is 0 Å². The van der Waals surface area contributed by atoms with Crippen LogP contribution in [0.4, 0.5) is 0 Å². The highest BCUT2D eigenvalue weighted by Crippen LogP contribution is 2.25. The van der Waals surface area contributed by atoms with E-state index in [0.717, 1.165) is 22.0 Å². The van der Waals surface area contributed by atoms with E-state index < -0.39 is 0 Å². The van der Waals surface area contributed by atoms with Crippen LogP contribution in [0.25, 0.3) is 38.8 Å². The summed E-state index contributed by atoms with van der Waals surface area (Å²) in [5, 5.41) is 2.74. The molecule has 1 heterocycles. The zero-order valence-electron chi connectivity index (χ0n) is 15.5. The van der Waals surface area contributed by atoms with Gasteiger partial charge in [0, 0.05) is 5.56 Å². The quantitative estimate of drug-likeness (QED) is 0.388. The Labute approximate surface area is 162 Å². The molecule has 4 aromatic carbocycles. The summed E-state index contributed by atoms with van der Waals surface area (Å²) >= 11 is 0. The highest BCUT2D eigenvalue weighted by Gasteiger charge is 2.15. The normalized spacial score (nSPS) is 11.2. The molecule has 134 valence electrons. The third kappa shape index (κ3) is 2.69. The molecule has 0 bridgehead atoms. The van der Waals surface area contributed by atoms with Crippen LogP contribution in [-0.4, -0.2) is 9.55 Å². The predicted molar refractivity (Wildman–Crippen MR) is 115 cm³/mol. The first-order valence-corrected chi connectivity index (χ1v) is 9.29. The summed E-state index contributed by atoms with van der Waals surface area (Å²) < 4.78 is 1.71. The van der Waals surface area contributed by atoms with Crippen molar-refractivity contribution < 1.29 is 0 Å². The van der Waals surface area contributed by atoms with E-state index >= 15 is 0 Å². The number of fused-ring (bicyclic) bond motifs is 2. The minimum atomic E-state index is -0.0578. The summed E-state index contributed by atoms with van der Waals surface area (Å²) in [6.45, 7) is 2.05. The number of aryl methyl sites for hydroxylation is 1. The van der Waals surface area contributed by atoms with Gasteiger partial charge in [0.05, 0.1) is 16.6 Å². The largest absolute Gasteiger partial charge is 0.268 e. The Balaban J connectivity index is 1.91. The van der Waals surface area contributed by atoms with E-state index in [1.165, 1.54) is 5.56 Å². The van der Waals surface area contributed by atoms with E-state index in [1.807, 2.05) is 97.9 Å². The molecular formula is C25H18N2O. The van der Waals surface area contributed by atoms with E-state index in [0.29, 0.717) is 16.7 Å². The SMILES string of the molecule is Cc1ccc(-c2nc3cc4ccccc4cc3c(=O)n2-c2ccccc2)cc1. The first kappa shape index (κ1) is 16.5. The van der Waals surface area contributed by atoms with E-state index in [1.54, 1.807) is 4.57 Å². The lowest BCUT2D eigenvalue weighted by atomic mass is 10.1. The monoisotopic (exact) mass is 362 g/mol. The van der Waals surface area contributed by atoms with E-state index in [-0.39, 0.29) is 5.56 Å². The van der Waals surface area contributed by atoms with Crippen LogP contribution in [0.5, 0.6) is 0 Å². The van der Waals surface area contributed by atoms with Crippen molar-refractivity contribution in [3.8, 4) is 17.1 Å². The number of rotatable bonds is 2. The lowest BCUT2D eigenvalue weighted by Gasteiger charge is -2.14. The fourth-order valence-electron chi connectivity index (χ4n) is 3.59. The number of hydrogen-bond acceptors (Lipinski definition) is 2. The Kier molecular flexibility index (Phi) is 3.80. The minimum absolute atomic E-state index is 0.0578. The summed E-state index contributed by atoms with van der Waals surface area (Å²) in [6, 6.07) is 29.8. The number of nitrogens with zero attached hydrogens (tertiary/aromatic N) is 2. The van der Waals surface area contributed by atoms with Crippen molar-refractivity contribution in [1.29, 1.82) is 0 Å². The van der Waals surface area contributed by atoms with Gasteiger partial charge in [-0.15, -0.1) is 0 Å². The molecule has 0 atom stereocenters. The van der Waals surface area contributed by atoms with E-state index in [4.69, 9.17) is 4.98 Å². The molecule has 28 heavy (non-hydrogen) atoms. The highest BCUT2D eigenvalue weighted by atomic mass is 16.1. The third-order valence-electron chi connectivity index (χ3n) is 5.06. The van der Waals surface area contributed by atoms with Gasteiger partial charge in [-0.1, -0.05) is 72.3 Å². The van der Waals surface area contributed by atoms with Crippen molar-refractivity contribution in [2.24, 2.45) is 0 Å². The van der Waals surface area contributed by atoms with Gasteiger partial charge >= 0.3 is 0 Å². The molecule has 0 saturated heterocycles. The van der Waals surface area contributed by atoms with Gasteiger partial charge < -0.3 is 0 Å². The number of hydrogen-bond donors (Lipinski definition) is 0. The van der Waals surface area contributed by atoms with Gasteiger partial charge in [0.15, 0.2) is 0 Å². The number of benzene rings is 4. The van der Waals surface area contributed by atoms with Crippen molar-refractivity contribution in [3.05, 3.63) is 107 Å². The molecule has 1 aromatic heterocycles. The maximum Gasteiger partial charge on any atom is 0.266 e. The second kappa shape index (κ2) is 6.46. The molecule has 5 rings (SSSR count). The van der Waals surface area contributed by atoms with Gasteiger partial charge in [-0.2, -0.15) is 0 Å². The summed E-state index contributed by atoms with van der Waals surface area (Å²) in [5.41, 5.74) is 3.56. The zero-order valence-corrected chi connectivity index (χ0v) is 15.5. The minimum Gasteiger partial charge on any atom is -0.268 e. The van der Waals surface area contributed by atoms with Crippen molar-refractivity contribution in [2.45, 2.75) is 6.92 Å². The summed E-state index contributed by atoms with van der Waals surface area (Å²) in [4.78, 5) is 18.5. The number of para-hydroxylation sites is 1. The molecule has 3 heteroatoms. The summed E-state index contributed by atoms with van der Waals surface area (Å²) in [7, 11) is 0. The highest BCUT2D eigenvalue weighted by molar-refractivity contribution is 5.96. The molecule has 0 amide bonds. The zero-order chi connectivity index (χ0) is 19.1. The first-order valence-electron chi connectivity index (χ1n) is 9.29. The van der Waals surface area contributed by atoms with Crippen LogP contribution in [0, 0.1) is 6.92 Å². The molecular weight excluding hydrogens is 344 g/mol. The molecule has 0 spiro atoms. The Morgan fingerprint density at radius 2 is 1.39 bits per heavy atom. The molecule has 0 aliphatic heterocycles. The molecule has 0 aliphatic rings. The maximum atomic E-state index is 13.6. The van der Waals surface area contributed by atoms with Gasteiger partial charge in [-0.25, -0.2) is 4.98 Å². The standard InChI is InChI=1S/C25H18N2O/c1-17-11-13-18(14-12-17)24-26-23-16-20-8-6-5-7-19(20)15-22(23)25(28)27(24)21-9-3-2-4-10-21/h2-16H,1H3. The summed E-state index contributed by atoms with van der Waals surface area (Å²) in [5.74, 6) is 0.652. The molecule has 0 N–H and O–H groups in total. The fourth-order valence-corrected chi connectivity index (χ4v) is 3.59. The molecule has 0 radical (unpaired) electrons. The van der Waals surface area contributed by atoms with Crippen molar-refractivity contribution >= 4 is 21.7 Å². The first-order chi connectivity index (χ1) is 13.7. The van der Waals surface area contributed by atoms with Gasteiger partial charge in [0.25, 0.3) is 5.56 Å². The maximum absolute atomic E-state index is 13.6. The Bertz CT molecular complexity index is 1370. The van der Waals surface area contributed by atoms with Crippen LogP contribution in [0.3, 0.4) is 0 Å². The van der Waals surface area contributed by atoms with E-state index in [9.17, 15) is 4.79 Å². The van der Waals surface area contributed by atoms with Gasteiger partial charge in [-0.05, 0) is 42.0 Å². The molecule has 0 unspecified atom stereocenters. The smallest absolute Gasteiger partial charge is 0.266 e. The van der Waals surface area contributed by atoms with Crippen molar-refractivity contribution in [1.82, 2.24) is 9.55 Å². The second-order valence-electron chi connectivity index (χ2n) is 6.99. The predicted octanol–water partition coefficient (Wildman–Crippen LogP) is 5.51. The lowest BCUT2D eigenvalue weighted by molar-refractivity contribution is 0.976. The average molecular weight is 362 g/mol. The van der Waals surface area contributed by atoms with Gasteiger partial charge in [-0.3, -0.25) is 9.36 Å². The Hall–Kier alpha value is -3.72. The number of aromatic nitrogens is 2. The molecule has 0 fully saturated rings. The van der Waals surface area contributed by atoms with Crippen LogP contribution in [0.1, 0.15) is 5.56 Å². The van der Waals surface area contributed by atoms with E-state index in [2.05, 4.69) is 0 Å². The van der Waals surface area contributed by atoms with Crippen molar-refractivity contribution in [2.75, 3.05) is 0 Å². The topological polar surface area (TPSA) is 34.9 Å². The molecule has 0 aliphatic carbocycles. The lowest BCUT2D eigenvalue weighted by Crippen LogP contribution is -2.22. The van der Waals surface area contributed by atoms with Crippen LogP contribution in [0.15, 0.2) is 95.8 Å². The Morgan fingerprint density at radius 1 is 0.750 bits per heavy atom. The van der Waals surface area contributed by atoms with Crippen molar-refractivity contribution in [3.63, 3.8) is 0 Å². The molecule has 3 nitrogen and oxygen atoms in total. The third-order valence-corrected chi connectivity index (χ3v) is 5.06. The molecule has 0 saturated carbocycles. The van der Waals surface area contributed by atoms with Gasteiger partial charge in [0.1, 0.15) is 5.82 Å². The van der Waals surface area contributed by atoms with Gasteiger partial charge in [0.2, 0.25) is 0 Å². The fraction of sp³-hybridized carbons (Fsp3) is 0.0400.